The molecule has 2 fully saturated rings. The fourth-order valence-electron chi connectivity index (χ4n) is 4.78. The van der Waals surface area contributed by atoms with E-state index in [2.05, 4.69) is 10.1 Å². The molecule has 1 amide bonds. The lowest BCUT2D eigenvalue weighted by Crippen LogP contribution is -2.35. The maximum Gasteiger partial charge on any atom is 0.387 e. The van der Waals surface area contributed by atoms with Gasteiger partial charge in [0.15, 0.2) is 0 Å². The second-order valence-corrected chi connectivity index (χ2v) is 8.37. The van der Waals surface area contributed by atoms with Crippen molar-refractivity contribution in [3.63, 3.8) is 0 Å². The Morgan fingerprint density at radius 2 is 1.71 bits per heavy atom. The number of nitrogens with one attached hydrogen (secondary N) is 1. The highest BCUT2D eigenvalue weighted by atomic mass is 19.3. The van der Waals surface area contributed by atoms with Crippen LogP contribution in [0.5, 0.6) is 5.75 Å². The zero-order valence-corrected chi connectivity index (χ0v) is 17.3. The highest BCUT2D eigenvalue weighted by Gasteiger charge is 2.41. The number of likely N-dealkylation sites (tertiary alicyclic amines) is 1. The summed E-state index contributed by atoms with van der Waals surface area (Å²) in [5.41, 5.74) is 1.95. The molecule has 0 spiro atoms. The molecule has 2 aromatic rings. The van der Waals surface area contributed by atoms with Crippen LogP contribution in [0, 0.1) is 11.7 Å². The van der Waals surface area contributed by atoms with E-state index in [1.807, 2.05) is 4.90 Å². The van der Waals surface area contributed by atoms with Crippen LogP contribution in [0.15, 0.2) is 48.5 Å². The predicted molar refractivity (Wildman–Crippen MR) is 111 cm³/mol. The fraction of sp³-hybridized carbons (Fsp3) is 0.458. The number of hydrogen-bond donors (Lipinski definition) is 1. The average Bonchev–Trinajstić information content (AvgIpc) is 3.43. The number of ether oxygens (including phenoxy) is 1. The molecule has 2 aliphatic rings. The summed E-state index contributed by atoms with van der Waals surface area (Å²) in [6, 6.07) is 13.2. The zero-order chi connectivity index (χ0) is 21.8. The minimum absolute atomic E-state index is 0.0491. The van der Waals surface area contributed by atoms with Crippen molar-refractivity contribution in [3.05, 3.63) is 65.5 Å². The van der Waals surface area contributed by atoms with E-state index in [9.17, 15) is 18.0 Å². The third-order valence-electron chi connectivity index (χ3n) is 6.34. The molecule has 1 N–H and O–H groups in total. The maximum absolute atomic E-state index is 13.4. The highest BCUT2D eigenvalue weighted by molar-refractivity contribution is 5.80. The summed E-state index contributed by atoms with van der Waals surface area (Å²) in [4.78, 5) is 15.2. The van der Waals surface area contributed by atoms with Crippen LogP contribution < -0.4 is 10.1 Å². The Labute approximate surface area is 180 Å². The van der Waals surface area contributed by atoms with Gasteiger partial charge in [-0.25, -0.2) is 4.39 Å². The minimum Gasteiger partial charge on any atom is -0.435 e. The molecule has 0 aromatic heterocycles. The number of halogens is 3. The fourth-order valence-corrected chi connectivity index (χ4v) is 4.78. The molecule has 1 saturated heterocycles. The van der Waals surface area contributed by atoms with Crippen molar-refractivity contribution in [3.8, 4) is 5.75 Å². The molecule has 31 heavy (non-hydrogen) atoms. The third kappa shape index (κ3) is 5.39. The number of carbonyl (C=O) groups excluding carboxylic acids is 1. The molecule has 3 atom stereocenters. The van der Waals surface area contributed by atoms with Crippen molar-refractivity contribution in [1.29, 1.82) is 0 Å². The van der Waals surface area contributed by atoms with E-state index in [0.29, 0.717) is 6.54 Å². The average molecular weight is 432 g/mol. The molecule has 4 rings (SSSR count). The molecule has 4 nitrogen and oxygen atoms in total. The number of nitrogens with zero attached hydrogens (tertiary/aromatic N) is 1. The summed E-state index contributed by atoms with van der Waals surface area (Å²) in [7, 11) is 0. The summed E-state index contributed by atoms with van der Waals surface area (Å²) in [6.45, 7) is -0.635. The molecule has 1 saturated carbocycles. The molecule has 0 radical (unpaired) electrons. The van der Waals surface area contributed by atoms with Gasteiger partial charge in [-0.3, -0.25) is 4.79 Å². The standard InChI is InChI=1S/C24H27F3N2O2/c25-18-7-5-17(6-8-18)21-13-19(14-22(21)23(30)29-11-1-2-12-29)28-15-16-3-9-20(10-4-16)31-24(26)27/h3-10,19,21-22,24,28H,1-2,11-15H2/t19-,21+,22-/m0/s1. The Morgan fingerprint density at radius 1 is 1.03 bits per heavy atom. The van der Waals surface area contributed by atoms with Crippen molar-refractivity contribution in [2.45, 2.75) is 50.8 Å². The van der Waals surface area contributed by atoms with Crippen molar-refractivity contribution < 1.29 is 22.7 Å². The SMILES string of the molecule is O=C([C@H]1C[C@@H](NCc2ccc(OC(F)F)cc2)C[C@@H]1c1ccc(F)cc1)N1CCCC1. The first-order valence-corrected chi connectivity index (χ1v) is 10.8. The molecule has 1 aliphatic carbocycles. The van der Waals surface area contributed by atoms with E-state index >= 15 is 0 Å². The number of carbonyl (C=O) groups is 1. The Hall–Kier alpha value is -2.54. The van der Waals surface area contributed by atoms with Gasteiger partial charge in [-0.1, -0.05) is 24.3 Å². The molecule has 2 aromatic carbocycles. The molecular weight excluding hydrogens is 405 g/mol. The number of hydrogen-bond acceptors (Lipinski definition) is 3. The van der Waals surface area contributed by atoms with Gasteiger partial charge in [0.2, 0.25) is 5.91 Å². The van der Waals surface area contributed by atoms with Gasteiger partial charge in [-0.05, 0) is 67.0 Å². The van der Waals surface area contributed by atoms with E-state index in [4.69, 9.17) is 0 Å². The largest absolute Gasteiger partial charge is 0.435 e. The Bertz CT molecular complexity index is 867. The Kier molecular flexibility index (Phi) is 6.80. The van der Waals surface area contributed by atoms with Gasteiger partial charge in [0, 0.05) is 31.6 Å². The van der Waals surface area contributed by atoms with Crippen LogP contribution >= 0.6 is 0 Å². The Morgan fingerprint density at radius 3 is 2.35 bits per heavy atom. The first kappa shape index (κ1) is 21.7. The van der Waals surface area contributed by atoms with Crippen LogP contribution in [0.4, 0.5) is 13.2 Å². The van der Waals surface area contributed by atoms with Gasteiger partial charge in [-0.2, -0.15) is 8.78 Å². The second-order valence-electron chi connectivity index (χ2n) is 8.37. The number of amides is 1. The second kappa shape index (κ2) is 9.73. The van der Waals surface area contributed by atoms with E-state index in [0.717, 1.165) is 49.9 Å². The monoisotopic (exact) mass is 432 g/mol. The normalized spacial score (nSPS) is 23.5. The van der Waals surface area contributed by atoms with Crippen molar-refractivity contribution in [2.24, 2.45) is 5.92 Å². The lowest BCUT2D eigenvalue weighted by Gasteiger charge is -2.24. The molecular formula is C24H27F3N2O2. The lowest BCUT2D eigenvalue weighted by molar-refractivity contribution is -0.134. The zero-order valence-electron chi connectivity index (χ0n) is 17.3. The molecule has 7 heteroatoms. The van der Waals surface area contributed by atoms with E-state index in [1.54, 1.807) is 24.3 Å². The summed E-state index contributed by atoms with van der Waals surface area (Å²) >= 11 is 0. The van der Waals surface area contributed by atoms with Crippen LogP contribution in [0.2, 0.25) is 0 Å². The quantitative estimate of drug-likeness (QED) is 0.690. The molecule has 1 aliphatic heterocycles. The summed E-state index contributed by atoms with van der Waals surface area (Å²) < 4.78 is 42.4. The van der Waals surface area contributed by atoms with Crippen LogP contribution in [0.1, 0.15) is 42.7 Å². The van der Waals surface area contributed by atoms with Crippen molar-refractivity contribution in [2.75, 3.05) is 13.1 Å². The number of alkyl halides is 2. The van der Waals surface area contributed by atoms with Crippen LogP contribution in [0.3, 0.4) is 0 Å². The summed E-state index contributed by atoms with van der Waals surface area (Å²) in [5, 5.41) is 3.51. The summed E-state index contributed by atoms with van der Waals surface area (Å²) in [5.74, 6) is -0.0223. The van der Waals surface area contributed by atoms with Gasteiger partial charge in [-0.15, -0.1) is 0 Å². The highest BCUT2D eigenvalue weighted by Crippen LogP contribution is 2.41. The summed E-state index contributed by atoms with van der Waals surface area (Å²) in [6.07, 6.45) is 3.62. The smallest absolute Gasteiger partial charge is 0.387 e. The van der Waals surface area contributed by atoms with E-state index in [1.165, 1.54) is 24.3 Å². The van der Waals surface area contributed by atoms with Gasteiger partial charge < -0.3 is 15.0 Å². The van der Waals surface area contributed by atoms with Gasteiger partial charge in [0.1, 0.15) is 11.6 Å². The van der Waals surface area contributed by atoms with Gasteiger partial charge >= 0.3 is 6.61 Å². The van der Waals surface area contributed by atoms with E-state index in [-0.39, 0.29) is 35.4 Å². The van der Waals surface area contributed by atoms with E-state index < -0.39 is 6.61 Å². The molecule has 166 valence electrons. The maximum atomic E-state index is 13.4. The molecule has 1 heterocycles. The minimum atomic E-state index is -2.84. The van der Waals surface area contributed by atoms with Crippen LogP contribution in [0.25, 0.3) is 0 Å². The first-order valence-electron chi connectivity index (χ1n) is 10.8. The Balaban J connectivity index is 1.42. The van der Waals surface area contributed by atoms with Crippen LogP contribution in [-0.4, -0.2) is 36.5 Å². The lowest BCUT2D eigenvalue weighted by atomic mass is 9.88. The molecule has 0 bridgehead atoms. The first-order chi connectivity index (χ1) is 15.0. The predicted octanol–water partition coefficient (Wildman–Crippen LogP) is 4.70. The van der Waals surface area contributed by atoms with Gasteiger partial charge in [0.25, 0.3) is 0 Å². The van der Waals surface area contributed by atoms with Gasteiger partial charge in [0.05, 0.1) is 0 Å². The van der Waals surface area contributed by atoms with Crippen LogP contribution in [-0.2, 0) is 11.3 Å². The topological polar surface area (TPSA) is 41.6 Å². The molecule has 0 unspecified atom stereocenters. The number of benzene rings is 2. The van der Waals surface area contributed by atoms with Crippen molar-refractivity contribution in [1.82, 2.24) is 10.2 Å². The van der Waals surface area contributed by atoms with Crippen molar-refractivity contribution >= 4 is 5.91 Å². The number of rotatable bonds is 7. The third-order valence-corrected chi connectivity index (χ3v) is 6.34.